The van der Waals surface area contributed by atoms with E-state index in [2.05, 4.69) is 41.5 Å². The van der Waals surface area contributed by atoms with Gasteiger partial charge in [0.05, 0.1) is 26.4 Å². The van der Waals surface area contributed by atoms with Gasteiger partial charge in [0.2, 0.25) is 0 Å². The quantitative estimate of drug-likeness (QED) is 0.0222. The smallest absolute Gasteiger partial charge is 0.462 e. The SMILES string of the molecule is CCCCCCCCCCCCCCCCCCCCCCC(=O)O[C@H](COC(=O)CCCCCCCCCCCCCCCCCCC(C)C)COP(=O)(O)OC[C@@H](O)COP(=O)(O)OC[C@@H](COC(=O)CCCCCCCCCCC)OC(=O)CCCCCCCCCCCCC(C)C. The van der Waals surface area contributed by atoms with E-state index in [9.17, 15) is 43.2 Å². The topological polar surface area (TPSA) is 237 Å². The van der Waals surface area contributed by atoms with Crippen LogP contribution in [0.5, 0.6) is 0 Å². The van der Waals surface area contributed by atoms with Crippen molar-refractivity contribution < 1.29 is 80.2 Å². The molecule has 0 fully saturated rings. The van der Waals surface area contributed by atoms with Gasteiger partial charge in [-0.25, -0.2) is 9.13 Å². The van der Waals surface area contributed by atoms with E-state index in [1.54, 1.807) is 0 Å². The van der Waals surface area contributed by atoms with E-state index < -0.39 is 97.5 Å². The first-order valence-corrected chi connectivity index (χ1v) is 45.5. The van der Waals surface area contributed by atoms with Crippen molar-refractivity contribution in [2.24, 2.45) is 11.8 Å². The number of ether oxygens (including phenoxy) is 4. The van der Waals surface area contributed by atoms with E-state index in [0.29, 0.717) is 25.7 Å². The lowest BCUT2D eigenvalue weighted by atomic mass is 10.0. The van der Waals surface area contributed by atoms with Gasteiger partial charge < -0.3 is 33.8 Å². The molecule has 17 nitrogen and oxygen atoms in total. The molecule has 0 aliphatic heterocycles. The highest BCUT2D eigenvalue weighted by atomic mass is 31.2. The molecule has 0 rings (SSSR count). The van der Waals surface area contributed by atoms with Gasteiger partial charge in [-0.15, -0.1) is 0 Å². The summed E-state index contributed by atoms with van der Waals surface area (Å²) in [6, 6.07) is 0. The molecule has 0 amide bonds. The van der Waals surface area contributed by atoms with Crippen LogP contribution in [0.3, 0.4) is 0 Å². The largest absolute Gasteiger partial charge is 0.472 e. The Kier molecular flexibility index (Phi) is 72.2. The molecule has 0 aromatic heterocycles. The van der Waals surface area contributed by atoms with Crippen LogP contribution in [-0.2, 0) is 65.4 Å². The minimum absolute atomic E-state index is 0.106. The van der Waals surface area contributed by atoms with E-state index >= 15 is 0 Å². The number of esters is 4. The zero-order valence-corrected chi connectivity index (χ0v) is 68.0. The average Bonchev–Trinajstić information content (AvgIpc) is 0.945. The number of rotatable bonds is 81. The summed E-state index contributed by atoms with van der Waals surface area (Å²) in [5.74, 6) is -0.544. The number of aliphatic hydroxyl groups is 1. The van der Waals surface area contributed by atoms with Gasteiger partial charge in [0.15, 0.2) is 12.2 Å². The van der Waals surface area contributed by atoms with E-state index in [1.807, 2.05) is 0 Å². The van der Waals surface area contributed by atoms with E-state index in [4.69, 9.17) is 37.0 Å². The normalized spacial score (nSPS) is 13.9. The lowest BCUT2D eigenvalue weighted by Crippen LogP contribution is -2.30. The molecule has 0 aliphatic carbocycles. The van der Waals surface area contributed by atoms with Crippen LogP contribution < -0.4 is 0 Å². The second-order valence-electron chi connectivity index (χ2n) is 30.5. The minimum atomic E-state index is -4.96. The summed E-state index contributed by atoms with van der Waals surface area (Å²) in [5, 5.41) is 10.6. The Balaban J connectivity index is 5.21. The molecule has 0 aromatic carbocycles. The van der Waals surface area contributed by atoms with Crippen LogP contribution in [0.2, 0.25) is 0 Å². The zero-order chi connectivity index (χ0) is 74.2. The molecule has 0 aromatic rings. The number of carbonyl (C=O) groups excluding carboxylic acids is 4. The second-order valence-corrected chi connectivity index (χ2v) is 33.4. The van der Waals surface area contributed by atoms with Gasteiger partial charge in [0, 0.05) is 25.7 Å². The molecule has 0 spiro atoms. The Morgan fingerprint density at radius 3 is 0.673 bits per heavy atom. The first-order chi connectivity index (χ1) is 48.9. The standard InChI is InChI=1S/C82H160O17P2/c1-7-9-11-13-15-17-18-19-20-21-22-23-24-29-32-35-42-48-54-60-66-81(86)98-78(71-93-80(85)65-59-53-47-41-34-31-28-26-25-27-30-33-39-44-50-56-62-74(3)4)73-97-101(90,91)95-69-76(83)68-94-100(88,89)96-72-77(70-92-79(84)64-58-52-46-38-16-14-12-10-8-2)99-82(87)67-61-55-49-43-37-36-40-45-51-57-63-75(5)6/h74-78,83H,7-73H2,1-6H3,(H,88,89)(H,90,91)/t76-,77+,78+/m0/s1. The van der Waals surface area contributed by atoms with Crippen molar-refractivity contribution in [1.29, 1.82) is 0 Å². The number of hydrogen-bond donors (Lipinski definition) is 3. The van der Waals surface area contributed by atoms with E-state index in [-0.39, 0.29) is 25.7 Å². The number of phosphoric ester groups is 2. The zero-order valence-electron chi connectivity index (χ0n) is 66.2. The third kappa shape index (κ3) is 76.1. The molecule has 3 N–H and O–H groups in total. The summed E-state index contributed by atoms with van der Waals surface area (Å²) in [6.45, 7) is 9.64. The van der Waals surface area contributed by atoms with Crippen LogP contribution in [0.15, 0.2) is 0 Å². The Labute approximate surface area is 619 Å². The molecule has 2 unspecified atom stereocenters. The third-order valence-corrected chi connectivity index (χ3v) is 21.1. The molecular weight excluding hydrogens is 1320 g/mol. The summed E-state index contributed by atoms with van der Waals surface area (Å²) in [4.78, 5) is 73.0. The predicted molar refractivity (Wildman–Crippen MR) is 414 cm³/mol. The molecule has 600 valence electrons. The maximum Gasteiger partial charge on any atom is 0.472 e. The summed E-state index contributed by atoms with van der Waals surface area (Å²) < 4.78 is 68.7. The highest BCUT2D eigenvalue weighted by Crippen LogP contribution is 2.45. The molecule has 0 saturated carbocycles. The van der Waals surface area contributed by atoms with E-state index in [0.717, 1.165) is 102 Å². The highest BCUT2D eigenvalue weighted by Gasteiger charge is 2.30. The summed E-state index contributed by atoms with van der Waals surface area (Å²) >= 11 is 0. The average molecular weight is 1480 g/mol. The maximum atomic E-state index is 13.1. The Bertz CT molecular complexity index is 1940. The van der Waals surface area contributed by atoms with Crippen molar-refractivity contribution in [3.63, 3.8) is 0 Å². The molecule has 0 heterocycles. The Morgan fingerprint density at radius 1 is 0.267 bits per heavy atom. The molecule has 0 saturated heterocycles. The fraction of sp³-hybridized carbons (Fsp3) is 0.951. The fourth-order valence-corrected chi connectivity index (χ4v) is 14.3. The van der Waals surface area contributed by atoms with Crippen LogP contribution >= 0.6 is 15.6 Å². The monoisotopic (exact) mass is 1480 g/mol. The summed E-state index contributed by atoms with van der Waals surface area (Å²) in [6.07, 6.45) is 63.9. The first kappa shape index (κ1) is 99.1. The lowest BCUT2D eigenvalue weighted by Gasteiger charge is -2.21. The molecule has 101 heavy (non-hydrogen) atoms. The predicted octanol–water partition coefficient (Wildman–Crippen LogP) is 24.7. The van der Waals surface area contributed by atoms with Crippen LogP contribution in [0, 0.1) is 11.8 Å². The summed E-state index contributed by atoms with van der Waals surface area (Å²) in [5.41, 5.74) is 0. The molecule has 0 radical (unpaired) electrons. The van der Waals surface area contributed by atoms with Crippen LogP contribution in [-0.4, -0.2) is 96.7 Å². The summed E-state index contributed by atoms with van der Waals surface area (Å²) in [7, 11) is -9.92. The number of aliphatic hydroxyl groups excluding tert-OH is 1. The first-order valence-electron chi connectivity index (χ1n) is 42.5. The molecule has 0 aliphatic rings. The number of phosphoric acid groups is 2. The minimum Gasteiger partial charge on any atom is -0.462 e. The van der Waals surface area contributed by atoms with Gasteiger partial charge in [-0.2, -0.15) is 0 Å². The van der Waals surface area contributed by atoms with Gasteiger partial charge in [-0.1, -0.05) is 382 Å². The molecule has 5 atom stereocenters. The van der Waals surface area contributed by atoms with Crippen molar-refractivity contribution in [2.75, 3.05) is 39.6 Å². The van der Waals surface area contributed by atoms with E-state index in [1.165, 1.54) is 250 Å². The second kappa shape index (κ2) is 73.6. The van der Waals surface area contributed by atoms with Crippen molar-refractivity contribution in [1.82, 2.24) is 0 Å². The Morgan fingerprint density at radius 2 is 0.455 bits per heavy atom. The molecule has 19 heteroatoms. The van der Waals surface area contributed by atoms with Crippen LogP contribution in [0.4, 0.5) is 0 Å². The third-order valence-electron chi connectivity index (χ3n) is 19.2. The number of carbonyl (C=O) groups is 4. The van der Waals surface area contributed by atoms with Gasteiger partial charge in [-0.3, -0.25) is 37.3 Å². The van der Waals surface area contributed by atoms with Crippen LogP contribution in [0.25, 0.3) is 0 Å². The van der Waals surface area contributed by atoms with Gasteiger partial charge >= 0.3 is 39.5 Å². The van der Waals surface area contributed by atoms with Crippen molar-refractivity contribution >= 4 is 39.5 Å². The highest BCUT2D eigenvalue weighted by molar-refractivity contribution is 7.47. The fourth-order valence-electron chi connectivity index (χ4n) is 12.7. The van der Waals surface area contributed by atoms with Gasteiger partial charge in [-0.05, 0) is 37.5 Å². The van der Waals surface area contributed by atoms with Crippen molar-refractivity contribution in [3.8, 4) is 0 Å². The Hall–Kier alpha value is -1.94. The number of hydrogen-bond acceptors (Lipinski definition) is 15. The molecule has 0 bridgehead atoms. The lowest BCUT2D eigenvalue weighted by molar-refractivity contribution is -0.161. The van der Waals surface area contributed by atoms with Gasteiger partial charge in [0.1, 0.15) is 19.3 Å². The van der Waals surface area contributed by atoms with Crippen molar-refractivity contribution in [3.05, 3.63) is 0 Å². The maximum absolute atomic E-state index is 13.1. The van der Waals surface area contributed by atoms with Crippen molar-refractivity contribution in [2.45, 2.75) is 452 Å². The number of unbranched alkanes of at least 4 members (excludes halogenated alkanes) is 51. The van der Waals surface area contributed by atoms with Gasteiger partial charge in [0.25, 0.3) is 0 Å². The van der Waals surface area contributed by atoms with Crippen LogP contribution in [0.1, 0.15) is 433 Å². The molecular formula is C82H160O17P2.